The molecule has 5 heteroatoms. The summed E-state index contributed by atoms with van der Waals surface area (Å²) in [6.07, 6.45) is 7.70. The van der Waals surface area contributed by atoms with Gasteiger partial charge in [0.15, 0.2) is 0 Å². The van der Waals surface area contributed by atoms with E-state index < -0.39 is 0 Å². The summed E-state index contributed by atoms with van der Waals surface area (Å²) in [6, 6.07) is 1.91. The van der Waals surface area contributed by atoms with Crippen LogP contribution in [0, 0.1) is 11.3 Å². The third-order valence-electron chi connectivity index (χ3n) is 6.33. The van der Waals surface area contributed by atoms with E-state index in [1.54, 1.807) is 11.3 Å². The van der Waals surface area contributed by atoms with Crippen molar-refractivity contribution in [1.82, 2.24) is 9.80 Å². The summed E-state index contributed by atoms with van der Waals surface area (Å²) < 4.78 is 0. The minimum Gasteiger partial charge on any atom is -0.342 e. The van der Waals surface area contributed by atoms with Gasteiger partial charge in [0.2, 0.25) is 5.91 Å². The number of hydrogen-bond acceptors (Lipinski definition) is 3. The van der Waals surface area contributed by atoms with E-state index in [0.29, 0.717) is 12.3 Å². The molecule has 4 nitrogen and oxygen atoms in total. The van der Waals surface area contributed by atoms with Crippen LogP contribution in [0.2, 0.25) is 0 Å². The van der Waals surface area contributed by atoms with Crippen LogP contribution >= 0.6 is 11.3 Å². The molecule has 3 heterocycles. The highest BCUT2D eigenvalue weighted by Crippen LogP contribution is 2.41. The Balaban J connectivity index is 1.36. The summed E-state index contributed by atoms with van der Waals surface area (Å²) >= 11 is 1.58. The van der Waals surface area contributed by atoms with Crippen LogP contribution in [-0.2, 0) is 4.79 Å². The Labute approximate surface area is 147 Å². The van der Waals surface area contributed by atoms with E-state index in [1.165, 1.54) is 19.3 Å². The zero-order valence-corrected chi connectivity index (χ0v) is 15.0. The number of piperidine rings is 2. The van der Waals surface area contributed by atoms with E-state index in [4.69, 9.17) is 0 Å². The van der Waals surface area contributed by atoms with E-state index in [9.17, 15) is 9.59 Å². The number of thiophene rings is 1. The summed E-state index contributed by atoms with van der Waals surface area (Å²) in [5.74, 6) is 1.26. The summed E-state index contributed by atoms with van der Waals surface area (Å²) in [5.41, 5.74) is 1.07. The van der Waals surface area contributed by atoms with Crippen LogP contribution < -0.4 is 0 Å². The van der Waals surface area contributed by atoms with Crippen molar-refractivity contribution >= 4 is 23.2 Å². The molecule has 1 saturated carbocycles. The Morgan fingerprint density at radius 2 is 2.04 bits per heavy atom. The Kier molecular flexibility index (Phi) is 4.37. The van der Waals surface area contributed by atoms with Crippen molar-refractivity contribution in [2.24, 2.45) is 11.3 Å². The number of carbonyl (C=O) groups is 2. The van der Waals surface area contributed by atoms with Crippen LogP contribution in [0.25, 0.3) is 0 Å². The maximum Gasteiger partial charge on any atom is 0.254 e. The number of carbonyl (C=O) groups excluding carboxylic acids is 2. The molecule has 130 valence electrons. The predicted molar refractivity (Wildman–Crippen MR) is 95.0 cm³/mol. The summed E-state index contributed by atoms with van der Waals surface area (Å²) in [4.78, 5) is 28.9. The van der Waals surface area contributed by atoms with E-state index in [1.807, 2.05) is 21.7 Å². The minimum atomic E-state index is 0.171. The first-order valence-electron chi connectivity index (χ1n) is 9.24. The molecule has 2 saturated heterocycles. The molecule has 2 aliphatic heterocycles. The van der Waals surface area contributed by atoms with Crippen LogP contribution in [0.1, 0.15) is 55.3 Å². The third kappa shape index (κ3) is 3.10. The molecule has 24 heavy (non-hydrogen) atoms. The van der Waals surface area contributed by atoms with Crippen molar-refractivity contribution in [2.45, 2.75) is 44.9 Å². The van der Waals surface area contributed by atoms with Crippen LogP contribution in [-0.4, -0.2) is 47.8 Å². The van der Waals surface area contributed by atoms with Crippen molar-refractivity contribution in [2.75, 3.05) is 26.2 Å². The largest absolute Gasteiger partial charge is 0.342 e. The van der Waals surface area contributed by atoms with Gasteiger partial charge in [0, 0.05) is 38.0 Å². The molecule has 0 aromatic carbocycles. The van der Waals surface area contributed by atoms with Crippen molar-refractivity contribution in [3.05, 3.63) is 22.4 Å². The van der Waals surface area contributed by atoms with Crippen LogP contribution in [0.15, 0.2) is 16.8 Å². The first kappa shape index (κ1) is 16.1. The van der Waals surface area contributed by atoms with Gasteiger partial charge in [-0.2, -0.15) is 11.3 Å². The lowest BCUT2D eigenvalue weighted by Crippen LogP contribution is -2.53. The number of amides is 2. The van der Waals surface area contributed by atoms with Gasteiger partial charge in [-0.3, -0.25) is 9.59 Å². The van der Waals surface area contributed by atoms with Gasteiger partial charge in [0.25, 0.3) is 5.91 Å². The van der Waals surface area contributed by atoms with Gasteiger partial charge in [-0.1, -0.05) is 6.42 Å². The van der Waals surface area contributed by atoms with Gasteiger partial charge >= 0.3 is 0 Å². The van der Waals surface area contributed by atoms with E-state index in [2.05, 4.69) is 4.90 Å². The molecular weight excluding hydrogens is 320 g/mol. The molecule has 1 spiro atoms. The quantitative estimate of drug-likeness (QED) is 0.842. The maximum absolute atomic E-state index is 12.5. The maximum atomic E-state index is 12.5. The van der Waals surface area contributed by atoms with Crippen molar-refractivity contribution in [1.29, 1.82) is 0 Å². The highest BCUT2D eigenvalue weighted by molar-refractivity contribution is 7.08. The van der Waals surface area contributed by atoms with Gasteiger partial charge in [0.05, 0.1) is 5.56 Å². The monoisotopic (exact) mass is 346 g/mol. The minimum absolute atomic E-state index is 0.171. The van der Waals surface area contributed by atoms with Crippen LogP contribution in [0.3, 0.4) is 0 Å². The summed E-state index contributed by atoms with van der Waals surface area (Å²) in [7, 11) is 0. The molecule has 1 aromatic rings. The highest BCUT2D eigenvalue weighted by Gasteiger charge is 2.42. The van der Waals surface area contributed by atoms with Crippen LogP contribution in [0.5, 0.6) is 0 Å². The molecule has 0 unspecified atom stereocenters. The molecule has 3 aliphatic rings. The summed E-state index contributed by atoms with van der Waals surface area (Å²) in [6.45, 7) is 3.56. The molecular formula is C19H26N2O2S. The lowest BCUT2D eigenvalue weighted by atomic mass is 9.71. The number of rotatable bonds is 3. The van der Waals surface area contributed by atoms with E-state index in [-0.39, 0.29) is 11.3 Å². The fourth-order valence-corrected chi connectivity index (χ4v) is 5.05. The van der Waals surface area contributed by atoms with Gasteiger partial charge in [0.1, 0.15) is 0 Å². The third-order valence-corrected chi connectivity index (χ3v) is 7.01. The molecule has 3 fully saturated rings. The number of likely N-dealkylation sites (tertiary alicyclic amines) is 2. The second-order valence-corrected chi connectivity index (χ2v) is 8.66. The van der Waals surface area contributed by atoms with Crippen molar-refractivity contribution < 1.29 is 9.59 Å². The topological polar surface area (TPSA) is 40.6 Å². The molecule has 0 radical (unpaired) electrons. The van der Waals surface area contributed by atoms with Crippen molar-refractivity contribution in [3.63, 3.8) is 0 Å². The molecule has 0 atom stereocenters. The predicted octanol–water partition coefficient (Wildman–Crippen LogP) is 3.39. The summed E-state index contributed by atoms with van der Waals surface area (Å²) in [5, 5.41) is 3.90. The average Bonchev–Trinajstić information content (AvgIpc) is 3.09. The van der Waals surface area contributed by atoms with Gasteiger partial charge in [-0.15, -0.1) is 0 Å². The normalized spacial score (nSPS) is 24.2. The molecule has 0 N–H and O–H groups in total. The molecule has 4 rings (SSSR count). The first-order chi connectivity index (χ1) is 11.7. The van der Waals surface area contributed by atoms with Crippen LogP contribution in [0.4, 0.5) is 0 Å². The molecule has 1 aliphatic carbocycles. The average molecular weight is 346 g/mol. The standard InChI is InChI=1S/C19H26N2O2S/c22-17-4-6-19(14-21(17)12-15-2-1-3-15)7-9-20(10-8-19)18(23)16-5-11-24-13-16/h5,11,13,15H,1-4,6-10,12,14H2. The fourth-order valence-electron chi connectivity index (χ4n) is 4.42. The van der Waals surface area contributed by atoms with Gasteiger partial charge in [-0.05, 0) is 54.9 Å². The lowest BCUT2D eigenvalue weighted by Gasteiger charge is -2.48. The zero-order valence-electron chi connectivity index (χ0n) is 14.2. The zero-order chi connectivity index (χ0) is 16.6. The number of hydrogen-bond donors (Lipinski definition) is 0. The Morgan fingerprint density at radius 1 is 1.25 bits per heavy atom. The van der Waals surface area contributed by atoms with Crippen molar-refractivity contribution in [3.8, 4) is 0 Å². The van der Waals surface area contributed by atoms with Gasteiger partial charge in [-0.25, -0.2) is 0 Å². The number of nitrogens with zero attached hydrogens (tertiary/aromatic N) is 2. The smallest absolute Gasteiger partial charge is 0.254 e. The molecule has 2 amide bonds. The van der Waals surface area contributed by atoms with E-state index >= 15 is 0 Å². The lowest BCUT2D eigenvalue weighted by molar-refractivity contribution is -0.140. The molecule has 1 aromatic heterocycles. The Hall–Kier alpha value is -1.36. The molecule has 0 bridgehead atoms. The Morgan fingerprint density at radius 3 is 2.67 bits per heavy atom. The SMILES string of the molecule is O=C1CCC2(CCN(C(=O)c3ccsc3)CC2)CN1CC1CCC1. The highest BCUT2D eigenvalue weighted by atomic mass is 32.1. The van der Waals surface area contributed by atoms with Gasteiger partial charge < -0.3 is 9.80 Å². The Bertz CT molecular complexity index is 601. The second-order valence-electron chi connectivity index (χ2n) is 7.88. The second kappa shape index (κ2) is 6.51. The fraction of sp³-hybridized carbons (Fsp3) is 0.684. The van der Waals surface area contributed by atoms with E-state index in [0.717, 1.165) is 56.9 Å². The first-order valence-corrected chi connectivity index (χ1v) is 10.2.